The van der Waals surface area contributed by atoms with Gasteiger partial charge in [-0.1, -0.05) is 0 Å². The zero-order chi connectivity index (χ0) is 23.0. The maximum Gasteiger partial charge on any atom is 0.433 e. The number of anilines is 1. The normalized spacial score (nSPS) is 11.6. The van der Waals surface area contributed by atoms with E-state index in [0.717, 1.165) is 18.2 Å². The fraction of sp³-hybridized carbons (Fsp3) is 0.100. The van der Waals surface area contributed by atoms with Crippen molar-refractivity contribution in [3.63, 3.8) is 0 Å². The average Bonchev–Trinajstić information content (AvgIpc) is 3.19. The minimum absolute atomic E-state index is 0.0667. The van der Waals surface area contributed by atoms with E-state index < -0.39 is 46.7 Å². The summed E-state index contributed by atoms with van der Waals surface area (Å²) in [5.74, 6) is -3.63. The number of methoxy groups -OCH3 is 1. The summed E-state index contributed by atoms with van der Waals surface area (Å²) in [5, 5.41) is 5.59. The molecule has 32 heavy (non-hydrogen) atoms. The monoisotopic (exact) mass is 449 g/mol. The van der Waals surface area contributed by atoms with E-state index in [1.165, 1.54) is 19.2 Å². The van der Waals surface area contributed by atoms with Gasteiger partial charge in [-0.15, -0.1) is 5.10 Å². The van der Waals surface area contributed by atoms with E-state index >= 15 is 0 Å². The molecule has 4 aromatic rings. The van der Waals surface area contributed by atoms with Gasteiger partial charge in [-0.05, 0) is 42.5 Å². The Balaban J connectivity index is 1.77. The summed E-state index contributed by atoms with van der Waals surface area (Å²) < 4.78 is 73.4. The Bertz CT molecular complexity index is 1320. The van der Waals surface area contributed by atoms with Crippen molar-refractivity contribution in [1.29, 1.82) is 0 Å². The van der Waals surface area contributed by atoms with Crippen LogP contribution in [0.1, 0.15) is 16.3 Å². The number of alkyl halides is 3. The predicted molar refractivity (Wildman–Crippen MR) is 102 cm³/mol. The van der Waals surface area contributed by atoms with Crippen LogP contribution in [0.2, 0.25) is 0 Å². The zero-order valence-electron chi connectivity index (χ0n) is 16.1. The van der Waals surface area contributed by atoms with Crippen LogP contribution >= 0.6 is 0 Å². The second-order valence-corrected chi connectivity index (χ2v) is 6.48. The first-order valence-electron chi connectivity index (χ1n) is 8.91. The molecule has 2 heterocycles. The van der Waals surface area contributed by atoms with Crippen LogP contribution in [0.5, 0.6) is 5.75 Å². The van der Waals surface area contributed by atoms with Crippen molar-refractivity contribution in [3.05, 3.63) is 71.7 Å². The van der Waals surface area contributed by atoms with Crippen LogP contribution in [-0.2, 0) is 6.18 Å². The molecule has 1 amide bonds. The van der Waals surface area contributed by atoms with Gasteiger partial charge < -0.3 is 10.1 Å². The molecular weight excluding hydrogens is 437 g/mol. The first-order chi connectivity index (χ1) is 15.2. The summed E-state index contributed by atoms with van der Waals surface area (Å²) in [5.41, 5.74) is -1.47. The summed E-state index contributed by atoms with van der Waals surface area (Å²) in [4.78, 5) is 20.2. The minimum atomic E-state index is -4.85. The molecule has 0 unspecified atom stereocenters. The number of nitrogens with zero attached hydrogens (tertiary/aromatic N) is 4. The third-order valence-electron chi connectivity index (χ3n) is 4.37. The number of aromatic nitrogens is 4. The van der Waals surface area contributed by atoms with E-state index in [1.807, 2.05) is 5.32 Å². The quantitative estimate of drug-likeness (QED) is 0.469. The van der Waals surface area contributed by atoms with Gasteiger partial charge in [0.1, 0.15) is 17.4 Å². The molecule has 0 saturated heterocycles. The lowest BCUT2D eigenvalue weighted by Gasteiger charge is -2.10. The lowest BCUT2D eigenvalue weighted by molar-refractivity contribution is -0.142. The highest BCUT2D eigenvalue weighted by Crippen LogP contribution is 2.32. The first kappa shape index (κ1) is 21.2. The van der Waals surface area contributed by atoms with Crippen LogP contribution in [-0.4, -0.2) is 32.6 Å². The Labute approximate surface area is 176 Å². The molecule has 12 heteroatoms. The summed E-state index contributed by atoms with van der Waals surface area (Å²) in [6, 6.07) is 9.21. The van der Waals surface area contributed by atoms with Gasteiger partial charge in [0.15, 0.2) is 5.69 Å². The van der Waals surface area contributed by atoms with E-state index in [0.29, 0.717) is 21.9 Å². The van der Waals surface area contributed by atoms with E-state index in [9.17, 15) is 26.7 Å². The Hall–Kier alpha value is -4.09. The van der Waals surface area contributed by atoms with Gasteiger partial charge in [-0.2, -0.15) is 22.7 Å². The molecule has 2 aromatic carbocycles. The molecule has 0 aliphatic carbocycles. The van der Waals surface area contributed by atoms with Crippen molar-refractivity contribution in [1.82, 2.24) is 19.6 Å². The van der Waals surface area contributed by atoms with Crippen molar-refractivity contribution in [2.75, 3.05) is 12.4 Å². The van der Waals surface area contributed by atoms with Crippen molar-refractivity contribution in [2.45, 2.75) is 6.18 Å². The maximum atomic E-state index is 13.8. The first-order valence-corrected chi connectivity index (χ1v) is 8.91. The van der Waals surface area contributed by atoms with Crippen LogP contribution in [0.15, 0.2) is 48.5 Å². The molecule has 0 atom stereocenters. The second-order valence-electron chi connectivity index (χ2n) is 6.48. The van der Waals surface area contributed by atoms with Gasteiger partial charge in [-0.25, -0.2) is 13.8 Å². The smallest absolute Gasteiger partial charge is 0.433 e. The molecule has 4 rings (SSSR count). The molecule has 2 aromatic heterocycles. The molecule has 0 aliphatic rings. The second kappa shape index (κ2) is 7.87. The van der Waals surface area contributed by atoms with Crippen molar-refractivity contribution >= 4 is 17.4 Å². The Morgan fingerprint density at radius 3 is 2.41 bits per heavy atom. The SMILES string of the molecule is COc1ccc(-c2cc(C(F)(F)F)n3nc(C(=O)Nc4cc(F)ccc4F)nc3n2)cc1. The average molecular weight is 449 g/mol. The van der Waals surface area contributed by atoms with E-state index in [-0.39, 0.29) is 5.69 Å². The predicted octanol–water partition coefficient (Wildman–Crippen LogP) is 4.35. The van der Waals surface area contributed by atoms with Crippen molar-refractivity contribution in [3.8, 4) is 17.0 Å². The summed E-state index contributed by atoms with van der Waals surface area (Å²) in [6.07, 6.45) is -4.85. The number of hydrogen-bond donors (Lipinski definition) is 1. The van der Waals surface area contributed by atoms with Crippen molar-refractivity contribution in [2.24, 2.45) is 0 Å². The summed E-state index contributed by atoms with van der Waals surface area (Å²) in [6.45, 7) is 0. The van der Waals surface area contributed by atoms with Gasteiger partial charge in [0.25, 0.3) is 11.7 Å². The fourth-order valence-corrected chi connectivity index (χ4v) is 2.85. The highest BCUT2D eigenvalue weighted by atomic mass is 19.4. The summed E-state index contributed by atoms with van der Waals surface area (Å²) in [7, 11) is 1.44. The number of carbonyl (C=O) groups excluding carboxylic acids is 1. The third-order valence-corrected chi connectivity index (χ3v) is 4.37. The number of carbonyl (C=O) groups is 1. The van der Waals surface area contributed by atoms with Gasteiger partial charge in [-0.3, -0.25) is 4.79 Å². The maximum absolute atomic E-state index is 13.8. The van der Waals surface area contributed by atoms with Gasteiger partial charge >= 0.3 is 6.18 Å². The molecule has 0 spiro atoms. The van der Waals surface area contributed by atoms with Gasteiger partial charge in [0, 0.05) is 11.6 Å². The molecule has 0 bridgehead atoms. The van der Waals surface area contributed by atoms with Crippen LogP contribution < -0.4 is 10.1 Å². The fourth-order valence-electron chi connectivity index (χ4n) is 2.85. The third kappa shape index (κ3) is 4.06. The molecule has 7 nitrogen and oxygen atoms in total. The van der Waals surface area contributed by atoms with Crippen LogP contribution in [0.3, 0.4) is 0 Å². The lowest BCUT2D eigenvalue weighted by atomic mass is 10.1. The number of nitrogens with one attached hydrogen (secondary N) is 1. The van der Waals surface area contributed by atoms with Gasteiger partial charge in [0.05, 0.1) is 18.5 Å². The standard InChI is InChI=1S/C20H12F5N5O2/c1-32-12-5-2-10(3-6-12)14-9-16(20(23,24)25)30-19(27-14)28-17(29-30)18(31)26-15-8-11(21)4-7-13(15)22/h2-9H,1H3,(H,26,31). The molecule has 1 N–H and O–H groups in total. The minimum Gasteiger partial charge on any atom is -0.497 e. The summed E-state index contributed by atoms with van der Waals surface area (Å²) >= 11 is 0. The van der Waals surface area contributed by atoms with Crippen LogP contribution in [0.4, 0.5) is 27.6 Å². The number of rotatable bonds is 4. The van der Waals surface area contributed by atoms with Crippen LogP contribution in [0, 0.1) is 11.6 Å². The van der Waals surface area contributed by atoms with Crippen LogP contribution in [0.25, 0.3) is 17.0 Å². The van der Waals surface area contributed by atoms with Gasteiger partial charge in [0.2, 0.25) is 5.82 Å². The molecular formula is C20H12F5N5O2. The molecule has 0 aliphatic heterocycles. The Kier molecular flexibility index (Phi) is 5.20. The molecule has 0 saturated carbocycles. The zero-order valence-corrected chi connectivity index (χ0v) is 16.1. The number of hydrogen-bond acceptors (Lipinski definition) is 5. The highest BCUT2D eigenvalue weighted by Gasteiger charge is 2.36. The van der Waals surface area contributed by atoms with E-state index in [4.69, 9.17) is 4.74 Å². The Morgan fingerprint density at radius 1 is 1.03 bits per heavy atom. The lowest BCUT2D eigenvalue weighted by Crippen LogP contribution is -2.16. The molecule has 0 fully saturated rings. The topological polar surface area (TPSA) is 81.4 Å². The van der Waals surface area contributed by atoms with E-state index in [1.54, 1.807) is 12.1 Å². The largest absolute Gasteiger partial charge is 0.497 e. The Morgan fingerprint density at radius 2 is 1.75 bits per heavy atom. The molecule has 164 valence electrons. The number of halogens is 5. The van der Waals surface area contributed by atoms with Crippen molar-refractivity contribution < 1.29 is 31.5 Å². The number of amides is 1. The number of fused-ring (bicyclic) bond motifs is 1. The number of ether oxygens (including phenoxy) is 1. The highest BCUT2D eigenvalue weighted by molar-refractivity contribution is 6.01. The van der Waals surface area contributed by atoms with E-state index in [2.05, 4.69) is 15.1 Å². The molecule has 0 radical (unpaired) electrons. The number of benzene rings is 2.